The van der Waals surface area contributed by atoms with E-state index >= 15 is 0 Å². The van der Waals surface area contributed by atoms with Crippen LogP contribution in [0.4, 0.5) is 0 Å². The van der Waals surface area contributed by atoms with Gasteiger partial charge in [-0.15, -0.1) is 0 Å². The predicted octanol–water partition coefficient (Wildman–Crippen LogP) is 5.17. The minimum absolute atomic E-state index is 0.0969. The van der Waals surface area contributed by atoms with Crippen LogP contribution in [-0.4, -0.2) is 28.0 Å². The second-order valence-electron chi connectivity index (χ2n) is 8.28. The van der Waals surface area contributed by atoms with Crippen LogP contribution in [0.25, 0.3) is 16.9 Å². The Balaban J connectivity index is 1.64. The smallest absolute Gasteiger partial charge is 0.309 e. The fourth-order valence-electron chi connectivity index (χ4n) is 5.05. The third-order valence-corrected chi connectivity index (χ3v) is 7.09. The number of aromatic nitrogens is 2. The first-order chi connectivity index (χ1) is 14.5. The minimum Gasteiger partial charge on any atom is -0.494 e. The van der Waals surface area contributed by atoms with Crippen LogP contribution in [0.1, 0.15) is 30.5 Å². The van der Waals surface area contributed by atoms with E-state index in [9.17, 15) is 9.90 Å². The number of carbonyl (C=O) groups is 1. The molecule has 1 aromatic heterocycles. The first kappa shape index (κ1) is 19.2. The van der Waals surface area contributed by atoms with Crippen molar-refractivity contribution in [1.82, 2.24) is 9.78 Å². The summed E-state index contributed by atoms with van der Waals surface area (Å²) in [5.41, 5.74) is 4.41. The summed E-state index contributed by atoms with van der Waals surface area (Å²) in [4.78, 5) is 12.1. The topological polar surface area (TPSA) is 64.4 Å². The fourth-order valence-corrected chi connectivity index (χ4v) is 5.18. The van der Waals surface area contributed by atoms with Crippen LogP contribution in [0.15, 0.2) is 48.5 Å². The molecular weight excluding hydrogens is 400 g/mol. The highest BCUT2D eigenvalue weighted by molar-refractivity contribution is 6.30. The minimum atomic E-state index is -0.658. The molecule has 0 unspecified atom stereocenters. The van der Waals surface area contributed by atoms with Gasteiger partial charge < -0.3 is 9.84 Å². The van der Waals surface area contributed by atoms with Crippen molar-refractivity contribution in [3.8, 4) is 22.7 Å². The lowest BCUT2D eigenvalue weighted by atomic mass is 9.60. The zero-order valence-corrected chi connectivity index (χ0v) is 17.5. The van der Waals surface area contributed by atoms with Gasteiger partial charge in [0.1, 0.15) is 11.4 Å². The van der Waals surface area contributed by atoms with Gasteiger partial charge >= 0.3 is 5.97 Å². The normalized spacial score (nSPS) is 19.2. The Bertz CT molecular complexity index is 1120. The first-order valence-electron chi connectivity index (χ1n) is 10.3. The van der Waals surface area contributed by atoms with Crippen LogP contribution in [0.3, 0.4) is 0 Å². The van der Waals surface area contributed by atoms with Crippen LogP contribution in [0.5, 0.6) is 5.75 Å². The van der Waals surface area contributed by atoms with Gasteiger partial charge in [0.05, 0.1) is 23.9 Å². The Kier molecular flexibility index (Phi) is 4.58. The number of fused-ring (bicyclic) bond motifs is 1. The molecule has 1 atom stereocenters. The lowest BCUT2D eigenvalue weighted by Crippen LogP contribution is -2.45. The Morgan fingerprint density at radius 1 is 1.17 bits per heavy atom. The number of para-hydroxylation sites is 2. The summed E-state index contributed by atoms with van der Waals surface area (Å²) in [5, 5.41) is 15.6. The Hall–Kier alpha value is -2.79. The SMILES string of the molecule is COc1ccccc1-n1nc2c(c1-c1ccc(Cl)cc1)C[C@H](C1(C(=O)O)CCC1)C2. The maximum atomic E-state index is 12.1. The van der Waals surface area contributed by atoms with Crippen molar-refractivity contribution in [2.24, 2.45) is 11.3 Å². The van der Waals surface area contributed by atoms with E-state index in [0.717, 1.165) is 59.6 Å². The van der Waals surface area contributed by atoms with E-state index in [-0.39, 0.29) is 5.92 Å². The number of rotatable bonds is 5. The van der Waals surface area contributed by atoms with Gasteiger partial charge in [0.15, 0.2) is 0 Å². The number of benzene rings is 2. The van der Waals surface area contributed by atoms with E-state index in [0.29, 0.717) is 11.4 Å². The third-order valence-electron chi connectivity index (χ3n) is 6.84. The lowest BCUT2D eigenvalue weighted by molar-refractivity contribution is -0.159. The number of aliphatic carboxylic acids is 1. The average molecular weight is 423 g/mol. The Morgan fingerprint density at radius 3 is 2.53 bits per heavy atom. The van der Waals surface area contributed by atoms with Crippen LogP contribution in [0, 0.1) is 11.3 Å². The molecule has 1 saturated carbocycles. The summed E-state index contributed by atoms with van der Waals surface area (Å²) in [7, 11) is 1.65. The molecule has 0 radical (unpaired) electrons. The number of carboxylic acid groups (broad SMARTS) is 1. The molecule has 1 fully saturated rings. The number of hydrogen-bond donors (Lipinski definition) is 1. The van der Waals surface area contributed by atoms with E-state index in [1.165, 1.54) is 0 Å². The predicted molar refractivity (Wildman–Crippen MR) is 115 cm³/mol. The summed E-state index contributed by atoms with van der Waals surface area (Å²) in [6.07, 6.45) is 3.95. The van der Waals surface area contributed by atoms with Crippen molar-refractivity contribution in [1.29, 1.82) is 0 Å². The van der Waals surface area contributed by atoms with Crippen LogP contribution < -0.4 is 4.74 Å². The van der Waals surface area contributed by atoms with E-state index in [1.54, 1.807) is 7.11 Å². The molecule has 5 rings (SSSR count). The molecule has 0 bridgehead atoms. The number of nitrogens with zero attached hydrogens (tertiary/aromatic N) is 2. The Labute approximate surface area is 180 Å². The molecule has 0 amide bonds. The monoisotopic (exact) mass is 422 g/mol. The second kappa shape index (κ2) is 7.17. The quantitative estimate of drug-likeness (QED) is 0.616. The zero-order valence-electron chi connectivity index (χ0n) is 16.8. The largest absolute Gasteiger partial charge is 0.494 e. The molecule has 1 heterocycles. The molecule has 3 aromatic rings. The number of methoxy groups -OCH3 is 1. The molecule has 6 heteroatoms. The molecule has 0 aliphatic heterocycles. The summed E-state index contributed by atoms with van der Waals surface area (Å²) >= 11 is 6.13. The summed E-state index contributed by atoms with van der Waals surface area (Å²) < 4.78 is 7.53. The molecule has 5 nitrogen and oxygen atoms in total. The van der Waals surface area contributed by atoms with Gasteiger partial charge in [-0.05, 0) is 55.9 Å². The molecule has 2 aliphatic carbocycles. The van der Waals surface area contributed by atoms with E-state index < -0.39 is 11.4 Å². The van der Waals surface area contributed by atoms with Crippen molar-refractivity contribution >= 4 is 17.6 Å². The maximum absolute atomic E-state index is 12.1. The molecule has 154 valence electrons. The Morgan fingerprint density at radius 2 is 1.90 bits per heavy atom. The zero-order chi connectivity index (χ0) is 20.9. The average Bonchev–Trinajstić information content (AvgIpc) is 3.25. The highest BCUT2D eigenvalue weighted by atomic mass is 35.5. The van der Waals surface area contributed by atoms with Gasteiger partial charge in [-0.3, -0.25) is 4.79 Å². The molecular formula is C24H23ClN2O3. The molecule has 0 spiro atoms. The van der Waals surface area contributed by atoms with Gasteiger partial charge in [-0.1, -0.05) is 42.3 Å². The van der Waals surface area contributed by atoms with Crippen LogP contribution >= 0.6 is 11.6 Å². The number of halogens is 1. The molecule has 0 saturated heterocycles. The highest BCUT2D eigenvalue weighted by Gasteiger charge is 2.53. The second-order valence-corrected chi connectivity index (χ2v) is 8.72. The van der Waals surface area contributed by atoms with Crippen molar-refractivity contribution in [2.45, 2.75) is 32.1 Å². The van der Waals surface area contributed by atoms with Crippen LogP contribution in [-0.2, 0) is 17.6 Å². The van der Waals surface area contributed by atoms with Crippen molar-refractivity contribution < 1.29 is 14.6 Å². The van der Waals surface area contributed by atoms with Gasteiger partial charge in [-0.25, -0.2) is 4.68 Å². The number of hydrogen-bond acceptors (Lipinski definition) is 3. The maximum Gasteiger partial charge on any atom is 0.309 e. The molecule has 1 N–H and O–H groups in total. The lowest BCUT2D eigenvalue weighted by Gasteiger charge is -2.42. The van der Waals surface area contributed by atoms with Gasteiger partial charge in [0, 0.05) is 16.1 Å². The summed E-state index contributed by atoms with van der Waals surface area (Å²) in [6.45, 7) is 0. The highest BCUT2D eigenvalue weighted by Crippen LogP contribution is 2.53. The van der Waals surface area contributed by atoms with E-state index in [4.69, 9.17) is 21.4 Å². The van der Waals surface area contributed by atoms with Crippen molar-refractivity contribution in [2.75, 3.05) is 7.11 Å². The van der Waals surface area contributed by atoms with Gasteiger partial charge in [0.2, 0.25) is 0 Å². The standard InChI is InChI=1S/C24H23ClN2O3/c1-30-21-6-3-2-5-20(21)27-22(15-7-9-17(25)10-8-15)18-13-16(14-19(18)26-27)24(23(28)29)11-4-12-24/h2-3,5-10,16H,4,11-14H2,1H3,(H,28,29)/t16-/m0/s1. The van der Waals surface area contributed by atoms with Gasteiger partial charge in [0.25, 0.3) is 0 Å². The molecule has 30 heavy (non-hydrogen) atoms. The van der Waals surface area contributed by atoms with Crippen molar-refractivity contribution in [3.05, 3.63) is 64.8 Å². The van der Waals surface area contributed by atoms with Crippen molar-refractivity contribution in [3.63, 3.8) is 0 Å². The molecule has 2 aromatic carbocycles. The van der Waals surface area contributed by atoms with Gasteiger partial charge in [-0.2, -0.15) is 5.10 Å². The summed E-state index contributed by atoms with van der Waals surface area (Å²) in [5.74, 6) is 0.181. The molecule has 2 aliphatic rings. The van der Waals surface area contributed by atoms with E-state index in [1.807, 2.05) is 53.2 Å². The van der Waals surface area contributed by atoms with E-state index in [2.05, 4.69) is 0 Å². The first-order valence-corrected chi connectivity index (χ1v) is 10.6. The number of ether oxygens (including phenoxy) is 1. The number of carboxylic acids is 1. The third kappa shape index (κ3) is 2.83. The summed E-state index contributed by atoms with van der Waals surface area (Å²) in [6, 6.07) is 15.6. The van der Waals surface area contributed by atoms with Crippen LogP contribution in [0.2, 0.25) is 5.02 Å². The fraction of sp³-hybridized carbons (Fsp3) is 0.333.